The molecule has 0 aliphatic carbocycles. The Morgan fingerprint density at radius 1 is 0.947 bits per heavy atom. The third kappa shape index (κ3) is 2.53. The molecular weight excluding hydrogens is 232 g/mol. The van der Waals surface area contributed by atoms with E-state index in [1.54, 1.807) is 0 Å². The van der Waals surface area contributed by atoms with E-state index in [-0.39, 0.29) is 0 Å². The lowest BCUT2D eigenvalue weighted by molar-refractivity contribution is 0.921. The summed E-state index contributed by atoms with van der Waals surface area (Å²) in [5, 5.41) is 6.86. The summed E-state index contributed by atoms with van der Waals surface area (Å²) < 4.78 is 0. The van der Waals surface area contributed by atoms with Gasteiger partial charge in [0, 0.05) is 13.0 Å². The molecule has 0 spiro atoms. The van der Waals surface area contributed by atoms with Crippen LogP contribution in [0.2, 0.25) is 0 Å². The van der Waals surface area contributed by atoms with Crippen molar-refractivity contribution in [1.82, 2.24) is 0 Å². The first kappa shape index (κ1) is 12.0. The van der Waals surface area contributed by atoms with Crippen molar-refractivity contribution < 1.29 is 0 Å². The molecule has 0 saturated carbocycles. The van der Waals surface area contributed by atoms with Gasteiger partial charge in [-0.2, -0.15) is 5.10 Å². The Hall–Kier alpha value is -2.09. The predicted octanol–water partition coefficient (Wildman–Crippen LogP) is 3.92. The van der Waals surface area contributed by atoms with Crippen LogP contribution in [0.5, 0.6) is 0 Å². The Morgan fingerprint density at radius 2 is 1.68 bits per heavy atom. The quantitative estimate of drug-likeness (QED) is 0.788. The second-order valence-electron chi connectivity index (χ2n) is 5.13. The molecule has 2 heteroatoms. The van der Waals surface area contributed by atoms with E-state index in [2.05, 4.69) is 67.4 Å². The van der Waals surface area contributed by atoms with Gasteiger partial charge in [-0.15, -0.1) is 0 Å². The summed E-state index contributed by atoms with van der Waals surface area (Å²) in [6, 6.07) is 17.1. The van der Waals surface area contributed by atoms with E-state index < -0.39 is 0 Å². The van der Waals surface area contributed by atoms with Crippen LogP contribution in [0, 0.1) is 13.8 Å². The number of hydrazone groups is 1. The van der Waals surface area contributed by atoms with Gasteiger partial charge in [-0.3, -0.25) is 5.01 Å². The number of benzene rings is 2. The minimum absolute atomic E-state index is 0.965. The van der Waals surface area contributed by atoms with E-state index in [1.807, 2.05) is 0 Å². The molecule has 0 aromatic heterocycles. The first-order chi connectivity index (χ1) is 9.22. The lowest BCUT2D eigenvalue weighted by Crippen LogP contribution is -2.11. The first-order valence-electron chi connectivity index (χ1n) is 6.71. The SMILES string of the molecule is Cc1cccc(C2=NN(c3cccc(C)c3)CC2)c1. The summed E-state index contributed by atoms with van der Waals surface area (Å²) in [6.45, 7) is 5.20. The molecule has 0 amide bonds. The second kappa shape index (κ2) is 4.88. The Labute approximate surface area is 114 Å². The molecular formula is C17H18N2. The molecule has 0 unspecified atom stereocenters. The van der Waals surface area contributed by atoms with E-state index in [9.17, 15) is 0 Å². The molecule has 0 atom stereocenters. The monoisotopic (exact) mass is 250 g/mol. The van der Waals surface area contributed by atoms with Crippen molar-refractivity contribution >= 4 is 11.4 Å². The van der Waals surface area contributed by atoms with Crippen molar-refractivity contribution in [3.8, 4) is 0 Å². The van der Waals surface area contributed by atoms with Crippen molar-refractivity contribution in [2.45, 2.75) is 20.3 Å². The summed E-state index contributed by atoms with van der Waals surface area (Å²) in [7, 11) is 0. The van der Waals surface area contributed by atoms with Gasteiger partial charge in [0.1, 0.15) is 0 Å². The Morgan fingerprint density at radius 3 is 2.42 bits per heavy atom. The van der Waals surface area contributed by atoms with Gasteiger partial charge in [0.15, 0.2) is 0 Å². The molecule has 0 radical (unpaired) electrons. The zero-order chi connectivity index (χ0) is 13.2. The molecule has 0 N–H and O–H groups in total. The van der Waals surface area contributed by atoms with Crippen molar-refractivity contribution in [2.75, 3.05) is 11.6 Å². The smallest absolute Gasteiger partial charge is 0.0700 e. The molecule has 1 aliphatic heterocycles. The molecule has 0 bridgehead atoms. The molecule has 2 nitrogen and oxygen atoms in total. The van der Waals surface area contributed by atoms with Crippen LogP contribution in [0.15, 0.2) is 53.6 Å². The summed E-state index contributed by atoms with van der Waals surface area (Å²) >= 11 is 0. The van der Waals surface area contributed by atoms with Gasteiger partial charge in [0.25, 0.3) is 0 Å². The van der Waals surface area contributed by atoms with Crippen LogP contribution >= 0.6 is 0 Å². The van der Waals surface area contributed by atoms with Gasteiger partial charge in [-0.05, 0) is 37.1 Å². The van der Waals surface area contributed by atoms with Crippen LogP contribution in [0.25, 0.3) is 0 Å². The number of hydrogen-bond acceptors (Lipinski definition) is 2. The van der Waals surface area contributed by atoms with E-state index in [4.69, 9.17) is 5.10 Å². The molecule has 19 heavy (non-hydrogen) atoms. The summed E-state index contributed by atoms with van der Waals surface area (Å²) in [6.07, 6.45) is 1.01. The molecule has 1 aliphatic rings. The molecule has 2 aromatic carbocycles. The lowest BCUT2D eigenvalue weighted by Gasteiger charge is -2.13. The van der Waals surface area contributed by atoms with Gasteiger partial charge in [0.2, 0.25) is 0 Å². The number of anilines is 1. The third-order valence-corrected chi connectivity index (χ3v) is 3.45. The summed E-state index contributed by atoms with van der Waals surface area (Å²) in [5.41, 5.74) is 6.17. The van der Waals surface area contributed by atoms with E-state index >= 15 is 0 Å². The van der Waals surface area contributed by atoms with Gasteiger partial charge in [0.05, 0.1) is 11.4 Å². The second-order valence-corrected chi connectivity index (χ2v) is 5.13. The molecule has 2 aromatic rings. The van der Waals surface area contributed by atoms with Crippen LogP contribution in [0.1, 0.15) is 23.1 Å². The summed E-state index contributed by atoms with van der Waals surface area (Å²) in [4.78, 5) is 0. The van der Waals surface area contributed by atoms with Crippen molar-refractivity contribution in [1.29, 1.82) is 0 Å². The molecule has 3 rings (SSSR count). The highest BCUT2D eigenvalue weighted by Crippen LogP contribution is 2.22. The fourth-order valence-corrected chi connectivity index (χ4v) is 2.46. The highest BCUT2D eigenvalue weighted by molar-refractivity contribution is 6.02. The Bertz CT molecular complexity index is 629. The first-order valence-corrected chi connectivity index (χ1v) is 6.71. The average Bonchev–Trinajstić information content (AvgIpc) is 2.88. The third-order valence-electron chi connectivity index (χ3n) is 3.45. The standard InChI is InChI=1S/C17H18N2/c1-13-5-3-7-15(11-13)17-9-10-19(18-17)16-8-4-6-14(2)12-16/h3-8,11-12H,9-10H2,1-2H3. The number of hydrogen-bond donors (Lipinski definition) is 0. The molecule has 1 heterocycles. The zero-order valence-corrected chi connectivity index (χ0v) is 11.4. The van der Waals surface area contributed by atoms with Crippen molar-refractivity contribution in [3.05, 3.63) is 65.2 Å². The highest BCUT2D eigenvalue weighted by Gasteiger charge is 2.17. The summed E-state index contributed by atoms with van der Waals surface area (Å²) in [5.74, 6) is 0. The Balaban J connectivity index is 1.89. The zero-order valence-electron chi connectivity index (χ0n) is 11.4. The maximum absolute atomic E-state index is 4.76. The minimum Gasteiger partial charge on any atom is -0.265 e. The molecule has 0 saturated heterocycles. The molecule has 96 valence electrons. The Kier molecular flexibility index (Phi) is 3.08. The van der Waals surface area contributed by atoms with Crippen LogP contribution in [-0.2, 0) is 0 Å². The maximum Gasteiger partial charge on any atom is 0.0700 e. The lowest BCUT2D eigenvalue weighted by atomic mass is 10.1. The average molecular weight is 250 g/mol. The van der Waals surface area contributed by atoms with Crippen LogP contribution in [0.3, 0.4) is 0 Å². The minimum atomic E-state index is 0.965. The van der Waals surface area contributed by atoms with Crippen LogP contribution in [-0.4, -0.2) is 12.3 Å². The fourth-order valence-electron chi connectivity index (χ4n) is 2.46. The number of aryl methyl sites for hydroxylation is 2. The van der Waals surface area contributed by atoms with Gasteiger partial charge < -0.3 is 0 Å². The van der Waals surface area contributed by atoms with E-state index in [0.717, 1.165) is 13.0 Å². The fraction of sp³-hybridized carbons (Fsp3) is 0.235. The number of rotatable bonds is 2. The van der Waals surface area contributed by atoms with Gasteiger partial charge in [-0.25, -0.2) is 0 Å². The predicted molar refractivity (Wildman–Crippen MR) is 80.9 cm³/mol. The normalized spacial score (nSPS) is 14.6. The van der Waals surface area contributed by atoms with Crippen molar-refractivity contribution in [2.24, 2.45) is 5.10 Å². The number of nitrogens with zero attached hydrogens (tertiary/aromatic N) is 2. The molecule has 0 fully saturated rings. The topological polar surface area (TPSA) is 15.6 Å². The van der Waals surface area contributed by atoms with E-state index in [1.165, 1.54) is 28.1 Å². The van der Waals surface area contributed by atoms with Gasteiger partial charge >= 0.3 is 0 Å². The maximum atomic E-state index is 4.76. The van der Waals surface area contributed by atoms with E-state index in [0.29, 0.717) is 0 Å². The highest BCUT2D eigenvalue weighted by atomic mass is 15.5. The van der Waals surface area contributed by atoms with Gasteiger partial charge in [-0.1, -0.05) is 42.0 Å². The largest absolute Gasteiger partial charge is 0.265 e. The van der Waals surface area contributed by atoms with Crippen molar-refractivity contribution in [3.63, 3.8) is 0 Å². The van der Waals surface area contributed by atoms with Crippen LogP contribution < -0.4 is 5.01 Å². The van der Waals surface area contributed by atoms with Crippen LogP contribution in [0.4, 0.5) is 5.69 Å².